The lowest BCUT2D eigenvalue weighted by atomic mass is 9.85. The molecule has 5 aliphatic rings. The molecule has 4 atom stereocenters. The van der Waals surface area contributed by atoms with Crippen LogP contribution in [0.4, 0.5) is 10.1 Å². The quantitative estimate of drug-likeness (QED) is 0.414. The number of nitrogens with zero attached hydrogens (tertiary/aromatic N) is 4. The minimum Gasteiger partial charge on any atom is -0.508 e. The van der Waals surface area contributed by atoms with Crippen LogP contribution in [0.1, 0.15) is 67.8 Å². The summed E-state index contributed by atoms with van der Waals surface area (Å²) in [5.41, 5.74) is 4.06. The van der Waals surface area contributed by atoms with E-state index in [-0.39, 0.29) is 11.3 Å². The Morgan fingerprint density at radius 2 is 2.00 bits per heavy atom. The largest absolute Gasteiger partial charge is 0.508 e. The zero-order chi connectivity index (χ0) is 27.7. The van der Waals surface area contributed by atoms with Gasteiger partial charge in [-0.05, 0) is 74.6 Å². The number of fused-ring (bicyclic) bond motifs is 5. The first-order valence-electron chi connectivity index (χ1n) is 15.3. The average Bonchev–Trinajstić information content (AvgIpc) is 3.61. The summed E-state index contributed by atoms with van der Waals surface area (Å²) in [5, 5.41) is 16.9. The highest BCUT2D eigenvalue weighted by atomic mass is 35.5. The number of phenols is 1. The van der Waals surface area contributed by atoms with Gasteiger partial charge in [0.15, 0.2) is 0 Å². The van der Waals surface area contributed by atoms with E-state index in [0.29, 0.717) is 55.2 Å². The first-order chi connectivity index (χ1) is 19.9. The van der Waals surface area contributed by atoms with Gasteiger partial charge in [-0.25, -0.2) is 4.39 Å². The molecular formula is C32H37ClFN5O2. The van der Waals surface area contributed by atoms with E-state index < -0.39 is 6.17 Å². The fourth-order valence-corrected chi connectivity index (χ4v) is 8.84. The number of ether oxygens (including phenoxy) is 1. The molecule has 216 valence electrons. The summed E-state index contributed by atoms with van der Waals surface area (Å²) in [7, 11) is 0. The second-order valence-electron chi connectivity index (χ2n) is 13.0. The minimum atomic E-state index is -0.790. The van der Waals surface area contributed by atoms with E-state index in [0.717, 1.165) is 73.0 Å². The number of benzene rings is 2. The van der Waals surface area contributed by atoms with Gasteiger partial charge in [-0.15, -0.1) is 0 Å². The maximum absolute atomic E-state index is 14.4. The Labute approximate surface area is 245 Å². The van der Waals surface area contributed by atoms with Gasteiger partial charge in [0.1, 0.15) is 18.5 Å². The molecular weight excluding hydrogens is 541 g/mol. The monoisotopic (exact) mass is 577 g/mol. The van der Waals surface area contributed by atoms with Crippen LogP contribution in [0.5, 0.6) is 11.8 Å². The van der Waals surface area contributed by atoms with Gasteiger partial charge in [-0.2, -0.15) is 9.97 Å². The molecule has 9 heteroatoms. The van der Waals surface area contributed by atoms with Crippen LogP contribution >= 0.6 is 11.6 Å². The normalized spacial score (nSPS) is 31.0. The molecule has 41 heavy (non-hydrogen) atoms. The van der Waals surface area contributed by atoms with Gasteiger partial charge in [0.2, 0.25) is 0 Å². The van der Waals surface area contributed by atoms with Crippen molar-refractivity contribution < 1.29 is 14.2 Å². The molecule has 7 nitrogen and oxygen atoms in total. The summed E-state index contributed by atoms with van der Waals surface area (Å²) >= 11 is 6.69. The van der Waals surface area contributed by atoms with E-state index in [1.807, 2.05) is 24.3 Å². The first-order valence-corrected chi connectivity index (χ1v) is 15.7. The van der Waals surface area contributed by atoms with Crippen molar-refractivity contribution in [1.29, 1.82) is 0 Å². The number of hydrogen-bond donors (Lipinski definition) is 2. The van der Waals surface area contributed by atoms with Crippen LogP contribution in [-0.4, -0.2) is 70.0 Å². The number of rotatable bonds is 5. The zero-order valence-electron chi connectivity index (χ0n) is 23.3. The van der Waals surface area contributed by atoms with Crippen molar-refractivity contribution in [1.82, 2.24) is 20.2 Å². The predicted octanol–water partition coefficient (Wildman–Crippen LogP) is 5.50. The summed E-state index contributed by atoms with van der Waals surface area (Å²) < 4.78 is 20.9. The third-order valence-electron chi connectivity index (χ3n) is 10.4. The summed E-state index contributed by atoms with van der Waals surface area (Å²) in [6.45, 7) is 3.26. The average molecular weight is 578 g/mol. The smallest absolute Gasteiger partial charge is 0.316 e. The van der Waals surface area contributed by atoms with Gasteiger partial charge in [0, 0.05) is 49.0 Å². The molecule has 2 aromatic carbocycles. The van der Waals surface area contributed by atoms with E-state index >= 15 is 0 Å². The van der Waals surface area contributed by atoms with E-state index in [9.17, 15) is 9.50 Å². The SMILES string of the molecule is Oc1cc(N2CCc3c(nc(OC[C@@]45CCCN4C[C@H](F)C5)nc3C3CC4CCC(C3)N4)C2)c2c(Cl)cccc2c1. The van der Waals surface area contributed by atoms with Crippen LogP contribution in [0.3, 0.4) is 0 Å². The van der Waals surface area contributed by atoms with E-state index in [2.05, 4.69) is 15.1 Å². The number of anilines is 1. The van der Waals surface area contributed by atoms with Crippen molar-refractivity contribution in [2.45, 2.75) is 87.6 Å². The lowest BCUT2D eigenvalue weighted by Gasteiger charge is -2.35. The standard InChI is InChI=1S/C32H37ClFN5O2/c33-26-4-1-3-19-13-24(40)14-28(29(19)26)38-10-7-25-27(17-38)36-31(37-30(25)20-11-22-5-6-23(12-20)35-22)41-18-32-8-2-9-39(32)16-21(34)15-32/h1,3-4,13-14,20-23,35,40H,2,5-12,15-18H2/t20?,21-,22?,23?,32+/m1/s1. The van der Waals surface area contributed by atoms with Crippen molar-refractivity contribution in [2.24, 2.45) is 0 Å². The summed E-state index contributed by atoms with van der Waals surface area (Å²) in [5.74, 6) is 0.611. The molecule has 0 saturated carbocycles. The third-order valence-corrected chi connectivity index (χ3v) is 10.7. The lowest BCUT2D eigenvalue weighted by molar-refractivity contribution is 0.106. The molecule has 1 aromatic heterocycles. The molecule has 2 unspecified atom stereocenters. The fraction of sp³-hybridized carbons (Fsp3) is 0.562. The second kappa shape index (κ2) is 9.96. The first kappa shape index (κ1) is 26.0. The Bertz CT molecular complexity index is 1490. The molecule has 2 N–H and O–H groups in total. The molecule has 4 saturated heterocycles. The van der Waals surface area contributed by atoms with Crippen molar-refractivity contribution in [3.8, 4) is 11.8 Å². The fourth-order valence-electron chi connectivity index (χ4n) is 8.57. The molecule has 4 fully saturated rings. The van der Waals surface area contributed by atoms with Crippen LogP contribution in [-0.2, 0) is 13.0 Å². The Morgan fingerprint density at radius 3 is 2.85 bits per heavy atom. The van der Waals surface area contributed by atoms with Gasteiger partial charge in [-0.1, -0.05) is 23.7 Å². The Balaban J connectivity index is 1.15. The van der Waals surface area contributed by atoms with Crippen LogP contribution in [0.15, 0.2) is 30.3 Å². The highest BCUT2D eigenvalue weighted by Crippen LogP contribution is 2.43. The zero-order valence-corrected chi connectivity index (χ0v) is 24.0. The van der Waals surface area contributed by atoms with Gasteiger partial charge in [0.05, 0.1) is 34.2 Å². The molecule has 0 radical (unpaired) electrons. The Morgan fingerprint density at radius 1 is 1.15 bits per heavy atom. The molecule has 0 spiro atoms. The second-order valence-corrected chi connectivity index (χ2v) is 13.4. The van der Waals surface area contributed by atoms with Gasteiger partial charge >= 0.3 is 6.01 Å². The number of nitrogens with one attached hydrogen (secondary N) is 1. The number of halogens is 2. The molecule has 0 aliphatic carbocycles. The highest BCUT2D eigenvalue weighted by molar-refractivity contribution is 6.36. The molecule has 8 rings (SSSR count). The maximum Gasteiger partial charge on any atom is 0.316 e. The summed E-state index contributed by atoms with van der Waals surface area (Å²) in [6.07, 6.45) is 7.27. The highest BCUT2D eigenvalue weighted by Gasteiger charge is 2.49. The predicted molar refractivity (Wildman–Crippen MR) is 158 cm³/mol. The summed E-state index contributed by atoms with van der Waals surface area (Å²) in [4.78, 5) is 14.7. The summed E-state index contributed by atoms with van der Waals surface area (Å²) in [6, 6.07) is 10.9. The molecule has 2 bridgehead atoms. The topological polar surface area (TPSA) is 73.8 Å². The molecule has 5 aliphatic heterocycles. The van der Waals surface area contributed by atoms with Gasteiger partial charge in [0.25, 0.3) is 0 Å². The minimum absolute atomic E-state index is 0.223. The van der Waals surface area contributed by atoms with Gasteiger partial charge < -0.3 is 20.1 Å². The van der Waals surface area contributed by atoms with Crippen molar-refractivity contribution in [2.75, 3.05) is 31.1 Å². The molecule has 6 heterocycles. The number of aromatic hydroxyl groups is 1. The van der Waals surface area contributed by atoms with E-state index in [4.69, 9.17) is 26.3 Å². The van der Waals surface area contributed by atoms with Crippen molar-refractivity contribution in [3.63, 3.8) is 0 Å². The molecule has 0 amide bonds. The van der Waals surface area contributed by atoms with E-state index in [1.165, 1.54) is 18.4 Å². The van der Waals surface area contributed by atoms with Crippen molar-refractivity contribution >= 4 is 28.1 Å². The molecule has 3 aromatic rings. The maximum atomic E-state index is 14.4. The third kappa shape index (κ3) is 4.54. The Kier molecular flexibility index (Phi) is 6.31. The van der Waals surface area contributed by atoms with Crippen LogP contribution in [0.25, 0.3) is 10.8 Å². The van der Waals surface area contributed by atoms with Crippen LogP contribution in [0, 0.1) is 0 Å². The van der Waals surface area contributed by atoms with Crippen molar-refractivity contribution in [3.05, 3.63) is 52.3 Å². The number of alkyl halides is 1. The number of hydrogen-bond acceptors (Lipinski definition) is 7. The van der Waals surface area contributed by atoms with E-state index in [1.54, 1.807) is 6.07 Å². The number of aromatic nitrogens is 2. The van der Waals surface area contributed by atoms with Crippen LogP contribution < -0.4 is 15.0 Å². The van der Waals surface area contributed by atoms with Crippen LogP contribution in [0.2, 0.25) is 5.02 Å². The Hall–Kier alpha value is -2.68. The lowest BCUT2D eigenvalue weighted by Crippen LogP contribution is -2.43. The number of phenolic OH excluding ortho intramolecular Hbond substituents is 1. The van der Waals surface area contributed by atoms with Gasteiger partial charge in [-0.3, -0.25) is 4.90 Å². The number of piperidine rings is 1.